The minimum absolute atomic E-state index is 0.0727. The van der Waals surface area contributed by atoms with Gasteiger partial charge in [0, 0.05) is 99.6 Å². The van der Waals surface area contributed by atoms with Crippen LogP contribution in [0.2, 0.25) is 0 Å². The van der Waals surface area contributed by atoms with Crippen LogP contribution in [0, 0.1) is 17.9 Å². The fourth-order valence-electron chi connectivity index (χ4n) is 15.2. The summed E-state index contributed by atoms with van der Waals surface area (Å²) >= 11 is 0. The maximum Gasteiger partial charge on any atom is 0.417 e. The van der Waals surface area contributed by atoms with Gasteiger partial charge in [0.15, 0.2) is 69.9 Å². The molecule has 0 saturated heterocycles. The Morgan fingerprint density at radius 2 is 0.492 bits per heavy atom. The largest absolute Gasteiger partial charge is 0.417 e. The maximum absolute atomic E-state index is 16.5. The molecule has 0 aliphatic heterocycles. The Bertz CT molecular complexity index is 6810. The van der Waals surface area contributed by atoms with Crippen molar-refractivity contribution in [1.29, 1.82) is 5.26 Å². The fraction of sp³-hybridized carbons (Fsp3) is 0.0101. The highest BCUT2D eigenvalue weighted by Gasteiger charge is 2.36. The van der Waals surface area contributed by atoms with Crippen LogP contribution < -0.4 is 0 Å². The van der Waals surface area contributed by atoms with Crippen molar-refractivity contribution >= 4 is 49.3 Å². The molecule has 0 aliphatic rings. The molecule has 0 aliphatic carbocycles. The Hall–Kier alpha value is -16.5. The number of halogens is 3. The summed E-state index contributed by atoms with van der Waals surface area (Å²) in [6.45, 7) is 9.45. The Kier molecular flexibility index (Phi) is 17.7. The predicted octanol–water partition coefficient (Wildman–Crippen LogP) is 23.7. The average Bonchev–Trinajstić information content (AvgIpc) is 1.52. The van der Waals surface area contributed by atoms with Crippen LogP contribution in [0.3, 0.4) is 0 Å². The predicted molar refractivity (Wildman–Crippen MR) is 455 cm³/mol. The quantitative estimate of drug-likeness (QED) is 0.0881. The average molecular weight is 1530 g/mol. The number of aromatic nitrogens is 14. The first kappa shape index (κ1) is 70.6. The third kappa shape index (κ3) is 13.2. The molecule has 118 heavy (non-hydrogen) atoms. The second-order valence-electron chi connectivity index (χ2n) is 28.1. The standard InChI is InChI=1S/C99H57F3N16/c1-104-80-58-85(117-81-48-43-69(95-109-87(61-26-10-2-11-27-61)105-88(110-95)62-28-12-3-13-29-62)53-74(81)75-54-70(44-49-82(75)117)96-111-89(63-30-14-4-15-31-63)106-90(112-96)64-32-16-5-17-33-64)78(73-47-42-60(59-103)52-79(73)99(100,101)102)57-86(80)118-83-50-45-71(97-113-91(65-34-18-6-19-35-65)107-92(114-97)66-36-20-7-21-37-66)55-76(83)77-56-72(46-51-84(77)118)98-115-93(67-38-22-8-23-39-67)108-94(116-98)68-40-24-9-25-41-68/h2-58H. The summed E-state index contributed by atoms with van der Waals surface area (Å²) in [6, 6.07) is 109. The summed E-state index contributed by atoms with van der Waals surface area (Å²) in [7, 11) is 0. The van der Waals surface area contributed by atoms with E-state index in [2.05, 4.69) is 4.85 Å². The second-order valence-corrected chi connectivity index (χ2v) is 28.1. The van der Waals surface area contributed by atoms with E-state index in [1.165, 1.54) is 12.1 Å². The van der Waals surface area contributed by atoms with Crippen molar-refractivity contribution in [2.45, 2.75) is 6.18 Å². The van der Waals surface area contributed by atoms with Gasteiger partial charge >= 0.3 is 6.18 Å². The van der Waals surface area contributed by atoms with Gasteiger partial charge in [-0.05, 0) is 103 Å². The van der Waals surface area contributed by atoms with Crippen molar-refractivity contribution in [1.82, 2.24) is 68.9 Å². The van der Waals surface area contributed by atoms with E-state index >= 15 is 13.2 Å². The topological polar surface area (TPSA) is 193 Å². The van der Waals surface area contributed by atoms with Crippen LogP contribution in [-0.4, -0.2) is 68.9 Å². The van der Waals surface area contributed by atoms with Crippen LogP contribution in [0.15, 0.2) is 346 Å². The zero-order valence-electron chi connectivity index (χ0n) is 62.2. The van der Waals surface area contributed by atoms with Crippen molar-refractivity contribution in [2.75, 3.05) is 0 Å². The van der Waals surface area contributed by atoms with Crippen molar-refractivity contribution in [2.24, 2.45) is 0 Å². The van der Waals surface area contributed by atoms with E-state index < -0.39 is 11.7 Å². The fourth-order valence-corrected chi connectivity index (χ4v) is 15.2. The van der Waals surface area contributed by atoms with E-state index in [1.54, 1.807) is 12.1 Å². The molecule has 554 valence electrons. The first-order valence-corrected chi connectivity index (χ1v) is 37.8. The molecule has 0 unspecified atom stereocenters. The van der Waals surface area contributed by atoms with Gasteiger partial charge in [0.1, 0.15) is 0 Å². The number of hydrogen-bond donors (Lipinski definition) is 0. The summed E-state index contributed by atoms with van der Waals surface area (Å²) in [6.07, 6.45) is -5.02. The molecular formula is C99H57F3N16. The van der Waals surface area contributed by atoms with Gasteiger partial charge in [0.25, 0.3) is 0 Å². The first-order valence-electron chi connectivity index (χ1n) is 37.8. The van der Waals surface area contributed by atoms with E-state index in [4.69, 9.17) is 59.8 Å². The number of nitrogens with zero attached hydrogens (tertiary/aromatic N) is 16. The lowest BCUT2D eigenvalue weighted by Crippen LogP contribution is -2.09. The summed E-state index contributed by atoms with van der Waals surface area (Å²) in [5.41, 5.74) is 9.87. The normalized spacial score (nSPS) is 11.5. The molecule has 6 aromatic heterocycles. The third-order valence-electron chi connectivity index (χ3n) is 20.8. The molecule has 6 heterocycles. The van der Waals surface area contributed by atoms with Gasteiger partial charge in [0.05, 0.1) is 51.5 Å². The van der Waals surface area contributed by atoms with Crippen LogP contribution in [-0.2, 0) is 6.18 Å². The van der Waals surface area contributed by atoms with Gasteiger partial charge in [-0.1, -0.05) is 249 Å². The maximum atomic E-state index is 16.5. The van der Waals surface area contributed by atoms with E-state index in [1.807, 2.05) is 331 Å². The number of alkyl halides is 3. The van der Waals surface area contributed by atoms with Gasteiger partial charge < -0.3 is 9.13 Å². The molecule has 19 heteroatoms. The lowest BCUT2D eigenvalue weighted by molar-refractivity contribution is -0.137. The van der Waals surface area contributed by atoms with E-state index in [0.717, 1.165) is 50.6 Å². The molecule has 0 bridgehead atoms. The number of benzene rings is 14. The minimum atomic E-state index is -5.02. The number of nitriles is 1. The summed E-state index contributed by atoms with van der Waals surface area (Å²) in [4.78, 5) is 65.6. The molecule has 0 fully saturated rings. The Balaban J connectivity index is 0.856. The molecule has 0 radical (unpaired) electrons. The van der Waals surface area contributed by atoms with Gasteiger partial charge in [-0.3, -0.25) is 0 Å². The first-order chi connectivity index (χ1) is 58.0. The molecule has 0 spiro atoms. The second kappa shape index (κ2) is 29.5. The molecule has 20 rings (SSSR count). The number of rotatable bonds is 15. The summed E-state index contributed by atoms with van der Waals surface area (Å²) < 4.78 is 53.4. The molecule has 14 aromatic carbocycles. The zero-order chi connectivity index (χ0) is 79.4. The number of fused-ring (bicyclic) bond motifs is 6. The highest BCUT2D eigenvalue weighted by atomic mass is 19.4. The molecule has 0 saturated carbocycles. The minimum Gasteiger partial charge on any atom is -0.319 e. The summed E-state index contributed by atoms with van der Waals surface area (Å²) in [5, 5.41) is 13.0. The summed E-state index contributed by atoms with van der Waals surface area (Å²) in [5.74, 6) is 4.97. The molecular weight excluding hydrogens is 1470 g/mol. The zero-order valence-corrected chi connectivity index (χ0v) is 62.2. The molecule has 0 amide bonds. The number of hydrogen-bond acceptors (Lipinski definition) is 13. The highest BCUT2D eigenvalue weighted by molar-refractivity contribution is 6.14. The molecule has 16 nitrogen and oxygen atoms in total. The van der Waals surface area contributed by atoms with E-state index in [0.29, 0.717) is 136 Å². The van der Waals surface area contributed by atoms with E-state index in [9.17, 15) is 11.8 Å². The van der Waals surface area contributed by atoms with Crippen LogP contribution >= 0.6 is 0 Å². The molecule has 20 aromatic rings. The third-order valence-corrected chi connectivity index (χ3v) is 20.8. The SMILES string of the molecule is [C-]#[N+]c1cc(-n2c3ccc(-c4nc(-c5ccccc5)nc(-c5ccccc5)n4)cc3c3cc(-c4nc(-c5ccccc5)nc(-c5ccccc5)n4)ccc32)c(-c2ccc(C#N)cc2C(F)(F)F)cc1-n1c2ccc(-c3nc(-c4ccccc4)nc(-c4ccccc4)n3)cc2c2cc(-c3nc(-c4ccccc4)nc(-c4ccccc4)n3)ccc21. The van der Waals surface area contributed by atoms with Gasteiger partial charge in [-0.15, -0.1) is 0 Å². The van der Waals surface area contributed by atoms with Crippen LogP contribution in [0.25, 0.3) is 208 Å². The highest BCUT2D eigenvalue weighted by Crippen LogP contribution is 2.49. The van der Waals surface area contributed by atoms with Crippen molar-refractivity contribution in [3.8, 4) is 165 Å². The van der Waals surface area contributed by atoms with Gasteiger partial charge in [-0.25, -0.2) is 64.7 Å². The van der Waals surface area contributed by atoms with Gasteiger partial charge in [-0.2, -0.15) is 18.4 Å². The smallest absolute Gasteiger partial charge is 0.319 e. The van der Waals surface area contributed by atoms with Crippen LogP contribution in [0.1, 0.15) is 11.1 Å². The van der Waals surface area contributed by atoms with Crippen LogP contribution in [0.5, 0.6) is 0 Å². The van der Waals surface area contributed by atoms with E-state index in [-0.39, 0.29) is 33.8 Å². The van der Waals surface area contributed by atoms with Crippen LogP contribution in [0.4, 0.5) is 18.9 Å². The van der Waals surface area contributed by atoms with Gasteiger partial charge in [0.2, 0.25) is 5.69 Å². The van der Waals surface area contributed by atoms with Crippen molar-refractivity contribution in [3.05, 3.63) is 368 Å². The van der Waals surface area contributed by atoms with Crippen molar-refractivity contribution in [3.63, 3.8) is 0 Å². The monoisotopic (exact) mass is 1530 g/mol. The molecule has 0 atom stereocenters. The molecule has 0 N–H and O–H groups in total. The lowest BCUT2D eigenvalue weighted by atomic mass is 9.94. The Morgan fingerprint density at radius 3 is 0.720 bits per heavy atom. The Morgan fingerprint density at radius 1 is 0.254 bits per heavy atom. The Labute approximate surface area is 672 Å². The van der Waals surface area contributed by atoms with Crippen molar-refractivity contribution < 1.29 is 13.2 Å². The lowest BCUT2D eigenvalue weighted by Gasteiger charge is -2.21.